The molecule has 1 atom stereocenters. The van der Waals surface area contributed by atoms with E-state index in [0.717, 1.165) is 12.8 Å². The zero-order chi connectivity index (χ0) is 15.2. The summed E-state index contributed by atoms with van der Waals surface area (Å²) in [5.41, 5.74) is 0.0389. The summed E-state index contributed by atoms with van der Waals surface area (Å²) in [4.78, 5) is 11.3. The maximum absolute atomic E-state index is 12.7. The first-order valence-electron chi connectivity index (χ1n) is 6.96. The Balaban J connectivity index is 1.98. The lowest BCUT2D eigenvalue weighted by molar-refractivity contribution is 0.0393. The van der Waals surface area contributed by atoms with Crippen LogP contribution in [0.5, 0.6) is 0 Å². The summed E-state index contributed by atoms with van der Waals surface area (Å²) in [5.74, 6) is -1.10. The molecular weight excluding hydrogens is 296 g/mol. The summed E-state index contributed by atoms with van der Waals surface area (Å²) >= 11 is 0. The number of nitrogens with zero attached hydrogens (tertiary/aromatic N) is 2. The van der Waals surface area contributed by atoms with Gasteiger partial charge in [0.2, 0.25) is 10.0 Å². The van der Waals surface area contributed by atoms with Crippen LogP contribution in [0, 0.1) is 0 Å². The van der Waals surface area contributed by atoms with Crippen LogP contribution in [0.2, 0.25) is 0 Å². The van der Waals surface area contributed by atoms with Crippen LogP contribution in [-0.4, -0.2) is 54.2 Å². The van der Waals surface area contributed by atoms with E-state index in [4.69, 9.17) is 4.74 Å². The van der Waals surface area contributed by atoms with Gasteiger partial charge in [0.15, 0.2) is 0 Å². The lowest BCUT2D eigenvalue weighted by Crippen LogP contribution is -2.46. The molecule has 1 saturated carbocycles. The summed E-state index contributed by atoms with van der Waals surface area (Å²) in [7, 11) is -3.68. The Bertz CT molecular complexity index is 662. The van der Waals surface area contributed by atoms with Crippen LogP contribution in [0.4, 0.5) is 0 Å². The number of hydrogen-bond donors (Lipinski definition) is 1. The van der Waals surface area contributed by atoms with Gasteiger partial charge in [-0.3, -0.25) is 0 Å². The van der Waals surface area contributed by atoms with Crippen molar-refractivity contribution in [1.82, 2.24) is 8.87 Å². The average Bonchev–Trinajstić information content (AvgIpc) is 3.16. The maximum Gasteiger partial charge on any atom is 0.352 e. The fraction of sp³-hybridized carbons (Fsp3) is 0.615. The molecule has 8 heteroatoms. The molecule has 1 saturated heterocycles. The summed E-state index contributed by atoms with van der Waals surface area (Å²) in [6, 6.07) is 1.13. The largest absolute Gasteiger partial charge is 0.477 e. The Kier molecular flexibility index (Phi) is 3.54. The Morgan fingerprint density at radius 3 is 2.71 bits per heavy atom. The van der Waals surface area contributed by atoms with Crippen LogP contribution >= 0.6 is 0 Å². The molecule has 2 fully saturated rings. The highest BCUT2D eigenvalue weighted by molar-refractivity contribution is 7.89. The summed E-state index contributed by atoms with van der Waals surface area (Å²) in [5, 5.41) is 9.23. The van der Waals surface area contributed by atoms with E-state index in [0.29, 0.717) is 19.8 Å². The van der Waals surface area contributed by atoms with Crippen LogP contribution in [0.1, 0.15) is 36.3 Å². The molecule has 116 valence electrons. The number of aromatic nitrogens is 1. The summed E-state index contributed by atoms with van der Waals surface area (Å²) in [6.45, 7) is 2.79. The molecule has 1 aliphatic heterocycles. The third-order valence-corrected chi connectivity index (χ3v) is 5.88. The van der Waals surface area contributed by atoms with E-state index in [2.05, 4.69) is 0 Å². The van der Waals surface area contributed by atoms with E-state index in [-0.39, 0.29) is 22.7 Å². The number of aromatic carboxylic acids is 1. The van der Waals surface area contributed by atoms with Crippen molar-refractivity contribution < 1.29 is 23.1 Å². The van der Waals surface area contributed by atoms with Crippen LogP contribution < -0.4 is 0 Å². The summed E-state index contributed by atoms with van der Waals surface area (Å²) < 4.78 is 33.6. The van der Waals surface area contributed by atoms with Gasteiger partial charge in [0.25, 0.3) is 0 Å². The monoisotopic (exact) mass is 314 g/mol. The highest BCUT2D eigenvalue weighted by atomic mass is 32.2. The first-order chi connectivity index (χ1) is 9.91. The molecule has 7 nitrogen and oxygen atoms in total. The number of sulfonamides is 1. The second-order valence-corrected chi connectivity index (χ2v) is 7.43. The molecule has 0 spiro atoms. The minimum absolute atomic E-state index is 0.0389. The maximum atomic E-state index is 12.7. The van der Waals surface area contributed by atoms with Crippen LogP contribution in [-0.2, 0) is 14.8 Å². The van der Waals surface area contributed by atoms with E-state index in [1.54, 1.807) is 11.5 Å². The number of hydrogen-bond acceptors (Lipinski definition) is 4. The molecule has 0 bridgehead atoms. The van der Waals surface area contributed by atoms with Crippen molar-refractivity contribution in [1.29, 1.82) is 0 Å². The molecule has 0 aromatic carbocycles. The number of ether oxygens (including phenoxy) is 1. The highest BCUT2D eigenvalue weighted by Crippen LogP contribution is 2.37. The topological polar surface area (TPSA) is 88.8 Å². The number of carbonyl (C=O) groups is 1. The van der Waals surface area contributed by atoms with E-state index >= 15 is 0 Å². The molecule has 0 radical (unpaired) electrons. The van der Waals surface area contributed by atoms with Crippen LogP contribution in [0.25, 0.3) is 0 Å². The molecule has 1 unspecified atom stereocenters. The van der Waals surface area contributed by atoms with Crippen molar-refractivity contribution in [2.24, 2.45) is 0 Å². The third kappa shape index (κ3) is 2.58. The van der Waals surface area contributed by atoms with Crippen LogP contribution in [0.3, 0.4) is 0 Å². The minimum Gasteiger partial charge on any atom is -0.477 e. The van der Waals surface area contributed by atoms with Gasteiger partial charge >= 0.3 is 5.97 Å². The second kappa shape index (κ2) is 5.11. The van der Waals surface area contributed by atoms with Gasteiger partial charge in [0.05, 0.1) is 13.2 Å². The van der Waals surface area contributed by atoms with Gasteiger partial charge in [-0.05, 0) is 25.8 Å². The molecule has 21 heavy (non-hydrogen) atoms. The zero-order valence-electron chi connectivity index (χ0n) is 11.7. The fourth-order valence-electron chi connectivity index (χ4n) is 2.63. The van der Waals surface area contributed by atoms with Gasteiger partial charge in [-0.1, -0.05) is 0 Å². The van der Waals surface area contributed by atoms with Crippen molar-refractivity contribution in [2.75, 3.05) is 19.8 Å². The standard InChI is InChI=1S/C13H18N2O5S/c1-9-8-20-5-4-15(9)21(18,19)11-6-12(13(16)17)14(7-11)10-2-3-10/h6-7,9-10H,2-5,8H2,1H3,(H,16,17). The van der Waals surface area contributed by atoms with Crippen molar-refractivity contribution in [3.8, 4) is 0 Å². The van der Waals surface area contributed by atoms with E-state index in [1.165, 1.54) is 16.6 Å². The lowest BCUT2D eigenvalue weighted by Gasteiger charge is -2.31. The lowest BCUT2D eigenvalue weighted by atomic mass is 10.3. The van der Waals surface area contributed by atoms with Gasteiger partial charge in [-0.25, -0.2) is 13.2 Å². The molecule has 3 rings (SSSR count). The molecule has 1 aromatic heterocycles. The Morgan fingerprint density at radius 1 is 1.43 bits per heavy atom. The first-order valence-corrected chi connectivity index (χ1v) is 8.40. The van der Waals surface area contributed by atoms with Crippen molar-refractivity contribution in [3.05, 3.63) is 18.0 Å². The second-order valence-electron chi connectivity index (χ2n) is 5.54. The molecule has 1 N–H and O–H groups in total. The number of morpholine rings is 1. The van der Waals surface area contributed by atoms with E-state index in [1.807, 2.05) is 0 Å². The predicted molar refractivity (Wildman–Crippen MR) is 73.8 cm³/mol. The SMILES string of the molecule is CC1COCCN1S(=O)(=O)c1cc(C(=O)O)n(C2CC2)c1. The molecule has 0 amide bonds. The number of carboxylic acid groups (broad SMARTS) is 1. The normalized spacial score (nSPS) is 24.1. The van der Waals surface area contributed by atoms with Crippen molar-refractivity contribution >= 4 is 16.0 Å². The van der Waals surface area contributed by atoms with E-state index < -0.39 is 16.0 Å². The van der Waals surface area contributed by atoms with Crippen molar-refractivity contribution in [3.63, 3.8) is 0 Å². The Morgan fingerprint density at radius 2 is 2.14 bits per heavy atom. The Hall–Kier alpha value is -1.38. The molecule has 1 aliphatic carbocycles. The Labute approximate surface area is 123 Å². The highest BCUT2D eigenvalue weighted by Gasteiger charge is 2.35. The molecule has 1 aromatic rings. The number of carboxylic acids is 1. The van der Waals surface area contributed by atoms with Gasteiger partial charge in [-0.2, -0.15) is 4.31 Å². The smallest absolute Gasteiger partial charge is 0.352 e. The van der Waals surface area contributed by atoms with Gasteiger partial charge in [0, 0.05) is 24.8 Å². The average molecular weight is 314 g/mol. The minimum atomic E-state index is -3.68. The van der Waals surface area contributed by atoms with Crippen molar-refractivity contribution in [2.45, 2.75) is 36.7 Å². The first kappa shape index (κ1) is 14.6. The van der Waals surface area contributed by atoms with E-state index in [9.17, 15) is 18.3 Å². The molecular formula is C13H18N2O5S. The third-order valence-electron chi connectivity index (χ3n) is 3.90. The fourth-order valence-corrected chi connectivity index (χ4v) is 4.25. The predicted octanol–water partition coefficient (Wildman–Crippen LogP) is 0.931. The van der Waals surface area contributed by atoms with Gasteiger partial charge in [-0.15, -0.1) is 0 Å². The van der Waals surface area contributed by atoms with Crippen LogP contribution in [0.15, 0.2) is 17.2 Å². The molecule has 2 heterocycles. The van der Waals surface area contributed by atoms with Gasteiger partial charge < -0.3 is 14.4 Å². The quantitative estimate of drug-likeness (QED) is 0.893. The van der Waals surface area contributed by atoms with Gasteiger partial charge in [0.1, 0.15) is 10.6 Å². The number of rotatable bonds is 4. The molecule has 2 aliphatic rings. The summed E-state index contributed by atoms with van der Waals surface area (Å²) in [6.07, 6.45) is 3.24. The zero-order valence-corrected chi connectivity index (χ0v) is 12.5.